The summed E-state index contributed by atoms with van der Waals surface area (Å²) < 4.78 is 1.63. The van der Waals surface area contributed by atoms with Crippen LogP contribution in [0.3, 0.4) is 0 Å². The van der Waals surface area contributed by atoms with Crippen molar-refractivity contribution < 1.29 is 14.7 Å². The number of rotatable bonds is 6. The number of nitrogens with one attached hydrogen (secondary N) is 1. The molecule has 0 bridgehead atoms. The minimum Gasteiger partial charge on any atom is -0.391 e. The number of β-amino-alcohol motifs (C(OH)–C–C–N with tert-alkyl or cyclic N) is 1. The lowest BCUT2D eigenvalue weighted by molar-refractivity contribution is -0.144. The first-order valence-corrected chi connectivity index (χ1v) is 12.2. The number of aliphatic hydroxyl groups is 1. The van der Waals surface area contributed by atoms with Crippen LogP contribution in [0.25, 0.3) is 10.8 Å². The third kappa shape index (κ3) is 4.77. The number of hydrogen-bond donors (Lipinski definition) is 2. The minimum absolute atomic E-state index is 0.111. The highest BCUT2D eigenvalue weighted by Crippen LogP contribution is 2.40. The number of amides is 2. The second-order valence-corrected chi connectivity index (χ2v) is 10.8. The summed E-state index contributed by atoms with van der Waals surface area (Å²) in [6, 6.07) is 8.41. The van der Waals surface area contributed by atoms with Gasteiger partial charge in [-0.3, -0.25) is 14.6 Å². The Morgan fingerprint density at radius 1 is 1.20 bits per heavy atom. The normalized spacial score (nSPS) is 21.3. The topological polar surface area (TPSA) is 113 Å². The fourth-order valence-electron chi connectivity index (χ4n) is 4.94. The number of pyridine rings is 1. The van der Waals surface area contributed by atoms with Crippen LogP contribution in [0.1, 0.15) is 63.4 Å². The van der Waals surface area contributed by atoms with Crippen LogP contribution in [0, 0.1) is 5.41 Å². The highest BCUT2D eigenvalue weighted by Gasteiger charge is 2.45. The van der Waals surface area contributed by atoms with E-state index in [9.17, 15) is 14.7 Å². The number of hydrogen-bond acceptors (Lipinski definition) is 6. The van der Waals surface area contributed by atoms with E-state index in [1.165, 1.54) is 4.90 Å². The van der Waals surface area contributed by atoms with Crippen LogP contribution in [0.15, 0.2) is 42.7 Å². The van der Waals surface area contributed by atoms with Crippen LogP contribution in [-0.4, -0.2) is 60.5 Å². The quantitative estimate of drug-likeness (QED) is 0.565. The summed E-state index contributed by atoms with van der Waals surface area (Å²) in [6.07, 6.45) is 5.21. The second-order valence-electron chi connectivity index (χ2n) is 10.8. The van der Waals surface area contributed by atoms with Crippen molar-refractivity contribution in [1.29, 1.82) is 0 Å². The van der Waals surface area contributed by atoms with Gasteiger partial charge in [0.15, 0.2) is 0 Å². The fraction of sp³-hybridized carbons (Fsp3) is 0.500. The molecule has 9 nitrogen and oxygen atoms in total. The average molecular weight is 477 g/mol. The molecule has 0 spiro atoms. The summed E-state index contributed by atoms with van der Waals surface area (Å²) in [4.78, 5) is 33.0. The van der Waals surface area contributed by atoms with Gasteiger partial charge in [-0.1, -0.05) is 50.3 Å². The van der Waals surface area contributed by atoms with Crippen LogP contribution < -0.4 is 5.32 Å². The van der Waals surface area contributed by atoms with Gasteiger partial charge < -0.3 is 15.3 Å². The standard InChI is InChI=1S/C26H32N6O3/c1-26(2,3)23(32-15-21(29-30-32)17-8-9-17)25(35)31-14-18(33)12-22(31)24(34)28-13-20-19-7-5-4-6-16(19)10-11-27-20/h4-7,10-11,15,17-18,22-23,33H,8-9,12-14H2,1-3H3,(H,28,34)/t18-,22+,23-/m1/s1. The highest BCUT2D eigenvalue weighted by atomic mass is 16.3. The molecule has 1 aliphatic carbocycles. The predicted molar refractivity (Wildman–Crippen MR) is 130 cm³/mol. The number of aromatic nitrogens is 4. The number of likely N-dealkylation sites (tertiary alicyclic amines) is 1. The van der Waals surface area contributed by atoms with Crippen LogP contribution >= 0.6 is 0 Å². The Morgan fingerprint density at radius 2 is 1.97 bits per heavy atom. The molecule has 3 heterocycles. The van der Waals surface area contributed by atoms with E-state index in [0.29, 0.717) is 5.92 Å². The molecule has 9 heteroatoms. The Morgan fingerprint density at radius 3 is 2.71 bits per heavy atom. The smallest absolute Gasteiger partial charge is 0.248 e. The molecule has 2 aromatic heterocycles. The lowest BCUT2D eigenvalue weighted by Gasteiger charge is -2.34. The van der Waals surface area contributed by atoms with Gasteiger partial charge in [0.2, 0.25) is 11.8 Å². The first-order chi connectivity index (χ1) is 16.7. The van der Waals surface area contributed by atoms with Crippen LogP contribution in [0.2, 0.25) is 0 Å². The van der Waals surface area contributed by atoms with Crippen molar-refractivity contribution in [2.75, 3.05) is 6.54 Å². The zero-order chi connectivity index (χ0) is 24.7. The third-order valence-electron chi connectivity index (χ3n) is 6.89. The van der Waals surface area contributed by atoms with Gasteiger partial charge in [-0.2, -0.15) is 0 Å². The third-order valence-corrected chi connectivity index (χ3v) is 6.89. The summed E-state index contributed by atoms with van der Waals surface area (Å²) >= 11 is 0. The summed E-state index contributed by atoms with van der Waals surface area (Å²) in [7, 11) is 0. The maximum Gasteiger partial charge on any atom is 0.248 e. The Kier molecular flexibility index (Phi) is 6.04. The molecule has 2 amide bonds. The summed E-state index contributed by atoms with van der Waals surface area (Å²) in [6.45, 7) is 6.27. The van der Waals surface area contributed by atoms with Crippen LogP contribution in [0.4, 0.5) is 0 Å². The number of aliphatic hydroxyl groups excluding tert-OH is 1. The molecule has 35 heavy (non-hydrogen) atoms. The summed E-state index contributed by atoms with van der Waals surface area (Å²) in [5, 5.41) is 23.9. The number of carbonyl (C=O) groups is 2. The van der Waals surface area contributed by atoms with E-state index >= 15 is 0 Å². The highest BCUT2D eigenvalue weighted by molar-refractivity contribution is 5.90. The second kappa shape index (κ2) is 9.03. The molecule has 1 saturated heterocycles. The van der Waals surface area contributed by atoms with Gasteiger partial charge in [-0.15, -0.1) is 5.10 Å². The van der Waals surface area contributed by atoms with Gasteiger partial charge in [0, 0.05) is 36.7 Å². The molecular formula is C26H32N6O3. The first kappa shape index (κ1) is 23.4. The number of fused-ring (bicyclic) bond motifs is 1. The Labute approximate surface area is 204 Å². The molecule has 0 radical (unpaired) electrons. The van der Waals surface area contributed by atoms with E-state index in [-0.39, 0.29) is 31.3 Å². The Bertz CT molecular complexity index is 1240. The zero-order valence-electron chi connectivity index (χ0n) is 20.4. The summed E-state index contributed by atoms with van der Waals surface area (Å²) in [5.41, 5.74) is 1.20. The summed E-state index contributed by atoms with van der Waals surface area (Å²) in [5.74, 6) is -0.103. The maximum atomic E-state index is 13.8. The average Bonchev–Trinajstić information content (AvgIpc) is 3.43. The molecule has 3 aromatic rings. The van der Waals surface area contributed by atoms with Crippen molar-refractivity contribution in [2.24, 2.45) is 5.41 Å². The van der Waals surface area contributed by atoms with E-state index in [4.69, 9.17) is 0 Å². The van der Waals surface area contributed by atoms with Crippen molar-refractivity contribution in [2.45, 2.75) is 70.7 Å². The minimum atomic E-state index is -0.760. The Hall–Kier alpha value is -3.33. The largest absolute Gasteiger partial charge is 0.391 e. The molecule has 2 fully saturated rings. The van der Waals surface area contributed by atoms with Crippen LogP contribution in [0.5, 0.6) is 0 Å². The van der Waals surface area contributed by atoms with Crippen molar-refractivity contribution in [1.82, 2.24) is 30.2 Å². The monoisotopic (exact) mass is 476 g/mol. The molecule has 1 aromatic carbocycles. The molecule has 1 saturated carbocycles. The SMILES string of the molecule is CC(C)(C)[C@@H](C(=O)N1C[C@H](O)C[C@H]1C(=O)NCc1nccc2ccccc12)n1cc(C2CC2)nn1. The lowest BCUT2D eigenvalue weighted by Crippen LogP contribution is -2.50. The molecule has 1 aliphatic heterocycles. The molecule has 0 unspecified atom stereocenters. The molecule has 5 rings (SSSR count). The zero-order valence-corrected chi connectivity index (χ0v) is 20.4. The van der Waals surface area contributed by atoms with E-state index in [1.807, 2.05) is 57.3 Å². The van der Waals surface area contributed by atoms with Gasteiger partial charge in [-0.25, -0.2) is 4.68 Å². The van der Waals surface area contributed by atoms with Gasteiger partial charge in [0.05, 0.1) is 24.0 Å². The van der Waals surface area contributed by atoms with Crippen molar-refractivity contribution in [3.8, 4) is 0 Å². The number of nitrogens with zero attached hydrogens (tertiary/aromatic N) is 5. The Balaban J connectivity index is 1.34. The number of benzene rings is 1. The van der Waals surface area contributed by atoms with E-state index in [0.717, 1.165) is 35.0 Å². The van der Waals surface area contributed by atoms with Gasteiger partial charge >= 0.3 is 0 Å². The number of carbonyl (C=O) groups excluding carboxylic acids is 2. The van der Waals surface area contributed by atoms with E-state index in [2.05, 4.69) is 20.6 Å². The molecule has 2 aliphatic rings. The first-order valence-electron chi connectivity index (χ1n) is 12.2. The molecular weight excluding hydrogens is 444 g/mol. The molecule has 184 valence electrons. The lowest BCUT2D eigenvalue weighted by atomic mass is 9.85. The van der Waals surface area contributed by atoms with Gasteiger partial charge in [0.25, 0.3) is 0 Å². The van der Waals surface area contributed by atoms with E-state index < -0.39 is 23.6 Å². The van der Waals surface area contributed by atoms with Crippen molar-refractivity contribution in [3.63, 3.8) is 0 Å². The van der Waals surface area contributed by atoms with Crippen molar-refractivity contribution >= 4 is 22.6 Å². The maximum absolute atomic E-state index is 13.8. The molecule has 3 atom stereocenters. The molecule has 2 N–H and O–H groups in total. The fourth-order valence-corrected chi connectivity index (χ4v) is 4.94. The van der Waals surface area contributed by atoms with Crippen molar-refractivity contribution in [3.05, 3.63) is 54.1 Å². The van der Waals surface area contributed by atoms with Gasteiger partial charge in [-0.05, 0) is 29.7 Å². The van der Waals surface area contributed by atoms with Gasteiger partial charge in [0.1, 0.15) is 12.1 Å². The predicted octanol–water partition coefficient (Wildman–Crippen LogP) is 2.57. The van der Waals surface area contributed by atoms with Crippen LogP contribution in [-0.2, 0) is 16.1 Å². The van der Waals surface area contributed by atoms with E-state index in [1.54, 1.807) is 10.9 Å².